The predicted octanol–water partition coefficient (Wildman–Crippen LogP) is 4.65. The lowest BCUT2D eigenvalue weighted by Gasteiger charge is -2.02. The Morgan fingerprint density at radius 3 is 2.32 bits per heavy atom. The van der Waals surface area contributed by atoms with Gasteiger partial charge in [-0.1, -0.05) is 35.3 Å². The summed E-state index contributed by atoms with van der Waals surface area (Å²) in [7, 11) is 0. The average Bonchev–Trinajstić information content (AvgIpc) is 2.51. The van der Waals surface area contributed by atoms with Gasteiger partial charge in [-0.25, -0.2) is 0 Å². The van der Waals surface area contributed by atoms with Crippen LogP contribution in [0.15, 0.2) is 48.0 Å². The number of nitrogens with zero attached hydrogens (tertiary/aromatic N) is 2. The van der Waals surface area contributed by atoms with E-state index in [2.05, 4.69) is 0 Å². The largest absolute Gasteiger partial charge is 0.288 e. The van der Waals surface area contributed by atoms with Gasteiger partial charge in [-0.3, -0.25) is 4.79 Å². The molecule has 0 radical (unpaired) electrons. The van der Waals surface area contributed by atoms with Gasteiger partial charge in [0.05, 0.1) is 11.6 Å². The first-order chi connectivity index (χ1) is 10.5. The lowest BCUT2D eigenvalue weighted by molar-refractivity contribution is 0.104. The van der Waals surface area contributed by atoms with Crippen LogP contribution in [0.1, 0.15) is 21.5 Å². The zero-order valence-corrected chi connectivity index (χ0v) is 12.7. The van der Waals surface area contributed by atoms with Crippen molar-refractivity contribution in [3.8, 4) is 12.1 Å². The van der Waals surface area contributed by atoms with Crippen LogP contribution < -0.4 is 0 Å². The Morgan fingerprint density at radius 2 is 1.73 bits per heavy atom. The number of nitriles is 2. The summed E-state index contributed by atoms with van der Waals surface area (Å²) >= 11 is 11.7. The van der Waals surface area contributed by atoms with Crippen molar-refractivity contribution in [1.29, 1.82) is 10.5 Å². The second kappa shape index (κ2) is 6.91. The predicted molar refractivity (Wildman–Crippen MR) is 85.5 cm³/mol. The zero-order valence-electron chi connectivity index (χ0n) is 11.2. The number of Topliss-reactive ketones (excluding diaryl/α,β-unsaturated/α-hetero) is 1. The van der Waals surface area contributed by atoms with Crippen LogP contribution in [-0.2, 0) is 0 Å². The van der Waals surface area contributed by atoms with Crippen LogP contribution in [0.5, 0.6) is 0 Å². The minimum Gasteiger partial charge on any atom is -0.288 e. The number of benzene rings is 2. The molecule has 0 fully saturated rings. The van der Waals surface area contributed by atoms with E-state index in [1.54, 1.807) is 24.3 Å². The van der Waals surface area contributed by atoms with Gasteiger partial charge in [0.25, 0.3) is 0 Å². The van der Waals surface area contributed by atoms with E-state index in [-0.39, 0.29) is 11.1 Å². The molecule has 0 aromatic heterocycles. The fourth-order valence-corrected chi connectivity index (χ4v) is 2.38. The number of ketones is 1. The fraction of sp³-hybridized carbons (Fsp3) is 0. The molecule has 0 saturated heterocycles. The number of allylic oxidation sites excluding steroid dienone is 1. The third kappa shape index (κ3) is 3.74. The molecule has 106 valence electrons. The van der Waals surface area contributed by atoms with Gasteiger partial charge in [-0.2, -0.15) is 10.5 Å². The summed E-state index contributed by atoms with van der Waals surface area (Å²) in [6.45, 7) is 0. The Balaban J connectivity index is 2.43. The number of halogens is 2. The highest BCUT2D eigenvalue weighted by atomic mass is 35.5. The Hall–Kier alpha value is -2.59. The second-order valence-corrected chi connectivity index (χ2v) is 5.27. The summed E-state index contributed by atoms with van der Waals surface area (Å²) in [5.41, 5.74) is 1.22. The molecule has 0 bridgehead atoms. The van der Waals surface area contributed by atoms with Gasteiger partial charge in [0.15, 0.2) is 0 Å². The van der Waals surface area contributed by atoms with E-state index in [0.717, 1.165) is 0 Å². The van der Waals surface area contributed by atoms with Crippen LogP contribution >= 0.6 is 23.2 Å². The molecule has 0 unspecified atom stereocenters. The first kappa shape index (κ1) is 15.8. The first-order valence-corrected chi connectivity index (χ1v) is 6.92. The van der Waals surface area contributed by atoms with Crippen LogP contribution in [-0.4, -0.2) is 5.78 Å². The molecule has 0 saturated carbocycles. The van der Waals surface area contributed by atoms with Crippen LogP contribution in [0.4, 0.5) is 0 Å². The maximum Gasteiger partial charge on any atom is 0.203 e. The first-order valence-electron chi connectivity index (χ1n) is 6.16. The van der Waals surface area contributed by atoms with Gasteiger partial charge < -0.3 is 0 Å². The summed E-state index contributed by atoms with van der Waals surface area (Å²) in [6.07, 6.45) is 1.43. The summed E-state index contributed by atoms with van der Waals surface area (Å²) in [5, 5.41) is 18.7. The third-order valence-corrected chi connectivity index (χ3v) is 3.25. The van der Waals surface area contributed by atoms with Crippen molar-refractivity contribution in [3.05, 3.63) is 74.8 Å². The fourth-order valence-electron chi connectivity index (χ4n) is 1.85. The molecule has 0 aliphatic carbocycles. The summed E-state index contributed by atoms with van der Waals surface area (Å²) in [4.78, 5) is 12.4. The molecule has 0 heterocycles. The van der Waals surface area contributed by atoms with Gasteiger partial charge in [-0.15, -0.1) is 0 Å². The molecule has 2 aromatic carbocycles. The van der Waals surface area contributed by atoms with Crippen molar-refractivity contribution in [2.75, 3.05) is 0 Å². The Kier molecular flexibility index (Phi) is 4.96. The van der Waals surface area contributed by atoms with Gasteiger partial charge in [-0.05, 0) is 42.0 Å². The molecule has 5 heteroatoms. The van der Waals surface area contributed by atoms with Gasteiger partial charge in [0.2, 0.25) is 5.78 Å². The van der Waals surface area contributed by atoms with Crippen molar-refractivity contribution < 1.29 is 4.79 Å². The van der Waals surface area contributed by atoms with Crippen LogP contribution in [0, 0.1) is 22.7 Å². The van der Waals surface area contributed by atoms with Crippen molar-refractivity contribution in [1.82, 2.24) is 0 Å². The van der Waals surface area contributed by atoms with E-state index < -0.39 is 5.78 Å². The second-order valence-electron chi connectivity index (χ2n) is 4.39. The molecular formula is C17H8Cl2N2O. The monoisotopic (exact) mass is 326 g/mol. The van der Waals surface area contributed by atoms with E-state index in [1.165, 1.54) is 24.3 Å². The van der Waals surface area contributed by atoms with Crippen molar-refractivity contribution in [2.45, 2.75) is 0 Å². The molecule has 0 aliphatic heterocycles. The Bertz CT molecular complexity index is 837. The highest BCUT2D eigenvalue weighted by Crippen LogP contribution is 2.22. The molecule has 22 heavy (non-hydrogen) atoms. The van der Waals surface area contributed by atoms with Gasteiger partial charge in [0.1, 0.15) is 11.6 Å². The SMILES string of the molecule is N#C/C(=C\c1cccc(C#N)c1)C(=O)c1cc(Cl)cc(Cl)c1. The van der Waals surface area contributed by atoms with E-state index in [4.69, 9.17) is 28.5 Å². The van der Waals surface area contributed by atoms with Crippen LogP contribution in [0.2, 0.25) is 10.0 Å². The van der Waals surface area contributed by atoms with Gasteiger partial charge in [0, 0.05) is 15.6 Å². The van der Waals surface area contributed by atoms with E-state index in [1.807, 2.05) is 12.1 Å². The molecule has 2 aromatic rings. The molecule has 0 aliphatic rings. The molecule has 0 N–H and O–H groups in total. The van der Waals surface area contributed by atoms with Crippen molar-refractivity contribution in [3.63, 3.8) is 0 Å². The average molecular weight is 327 g/mol. The third-order valence-electron chi connectivity index (χ3n) is 2.82. The Labute approximate surface area is 137 Å². The van der Waals surface area contributed by atoms with E-state index >= 15 is 0 Å². The summed E-state index contributed by atoms with van der Waals surface area (Å²) in [5.74, 6) is -0.478. The lowest BCUT2D eigenvalue weighted by Crippen LogP contribution is -2.02. The normalized spacial score (nSPS) is 10.6. The van der Waals surface area contributed by atoms with Crippen molar-refractivity contribution in [2.24, 2.45) is 0 Å². The number of carbonyl (C=O) groups is 1. The minimum atomic E-state index is -0.478. The number of hydrogen-bond acceptors (Lipinski definition) is 3. The number of carbonyl (C=O) groups excluding carboxylic acids is 1. The molecular weight excluding hydrogens is 319 g/mol. The number of rotatable bonds is 3. The van der Waals surface area contributed by atoms with Crippen LogP contribution in [0.25, 0.3) is 6.08 Å². The van der Waals surface area contributed by atoms with Crippen LogP contribution in [0.3, 0.4) is 0 Å². The number of hydrogen-bond donors (Lipinski definition) is 0. The van der Waals surface area contributed by atoms with E-state index in [0.29, 0.717) is 21.2 Å². The highest BCUT2D eigenvalue weighted by molar-refractivity contribution is 6.35. The summed E-state index contributed by atoms with van der Waals surface area (Å²) < 4.78 is 0. The minimum absolute atomic E-state index is 0.0616. The summed E-state index contributed by atoms with van der Waals surface area (Å²) in [6, 6.07) is 14.9. The standard InChI is InChI=1S/C17H8Cl2N2O/c18-15-6-13(7-16(19)8-15)17(22)14(10-21)5-11-2-1-3-12(4-11)9-20/h1-8H/b14-5+. The molecule has 3 nitrogen and oxygen atoms in total. The smallest absolute Gasteiger partial charge is 0.203 e. The molecule has 0 amide bonds. The molecule has 0 spiro atoms. The molecule has 0 atom stereocenters. The van der Waals surface area contributed by atoms with Gasteiger partial charge >= 0.3 is 0 Å². The zero-order chi connectivity index (χ0) is 16.1. The maximum absolute atomic E-state index is 12.4. The highest BCUT2D eigenvalue weighted by Gasteiger charge is 2.13. The quantitative estimate of drug-likeness (QED) is 0.468. The lowest BCUT2D eigenvalue weighted by atomic mass is 10.0. The molecule has 2 rings (SSSR count). The maximum atomic E-state index is 12.4. The Morgan fingerprint density at radius 1 is 1.05 bits per heavy atom. The topological polar surface area (TPSA) is 64.7 Å². The van der Waals surface area contributed by atoms with E-state index in [9.17, 15) is 10.1 Å². The van der Waals surface area contributed by atoms with Crippen molar-refractivity contribution >= 4 is 35.1 Å².